The van der Waals surface area contributed by atoms with Crippen LogP contribution in [0.2, 0.25) is 0 Å². The molecule has 34 heavy (non-hydrogen) atoms. The summed E-state index contributed by atoms with van der Waals surface area (Å²) in [6.45, 7) is 1.96. The average Bonchev–Trinajstić information content (AvgIpc) is 3.36. The quantitative estimate of drug-likeness (QED) is 0.584. The predicted octanol–water partition coefficient (Wildman–Crippen LogP) is 4.51. The average molecular weight is 454 g/mol. The van der Waals surface area contributed by atoms with Gasteiger partial charge in [-0.3, -0.25) is 14.5 Å². The molecule has 2 atom stereocenters. The summed E-state index contributed by atoms with van der Waals surface area (Å²) in [6, 6.07) is 22.0. The van der Waals surface area contributed by atoms with Gasteiger partial charge in [0.1, 0.15) is 0 Å². The first-order chi connectivity index (χ1) is 16.5. The zero-order valence-corrected chi connectivity index (χ0v) is 19.9. The number of anilines is 1. The molecule has 0 saturated carbocycles. The lowest BCUT2D eigenvalue weighted by molar-refractivity contribution is -0.131. The second-order valence-electron chi connectivity index (χ2n) is 10.2. The Kier molecular flexibility index (Phi) is 5.18. The standard InChI is InChI=1S/C29H31N3O2/c1-30(2)27(33)18-24-22-10-3-4-12-25(22)32(29(24)34)21-13-15-31(16-14-21)26-17-20-9-5-7-19-8-6-11-23(26)28(19)20/h3-12,21,24,26H,13-18H2,1-2H3. The van der Waals surface area contributed by atoms with Gasteiger partial charge in [0.25, 0.3) is 0 Å². The fourth-order valence-electron chi connectivity index (χ4n) is 6.35. The largest absolute Gasteiger partial charge is 0.349 e. The predicted molar refractivity (Wildman–Crippen MR) is 135 cm³/mol. The van der Waals surface area contributed by atoms with Gasteiger partial charge in [0.05, 0.1) is 5.92 Å². The molecule has 0 radical (unpaired) electrons. The van der Waals surface area contributed by atoms with Crippen molar-refractivity contribution in [1.29, 1.82) is 0 Å². The van der Waals surface area contributed by atoms with Crippen molar-refractivity contribution >= 4 is 28.3 Å². The first kappa shape index (κ1) is 21.4. The Balaban J connectivity index is 1.20. The minimum Gasteiger partial charge on any atom is -0.349 e. The molecule has 5 heteroatoms. The van der Waals surface area contributed by atoms with E-state index in [1.165, 1.54) is 21.9 Å². The lowest BCUT2D eigenvalue weighted by Gasteiger charge is -2.40. The maximum atomic E-state index is 13.6. The number of hydrogen-bond donors (Lipinski definition) is 0. The monoisotopic (exact) mass is 453 g/mol. The summed E-state index contributed by atoms with van der Waals surface area (Å²) in [4.78, 5) is 32.2. The normalized spacial score (nSPS) is 22.4. The molecule has 2 amide bonds. The third kappa shape index (κ3) is 3.33. The highest BCUT2D eigenvalue weighted by Crippen LogP contribution is 2.44. The second kappa shape index (κ2) is 8.24. The Bertz CT molecular complexity index is 1270. The summed E-state index contributed by atoms with van der Waals surface area (Å²) in [5.41, 5.74) is 4.91. The van der Waals surface area contributed by atoms with Crippen LogP contribution in [0.3, 0.4) is 0 Å². The molecule has 3 aliphatic rings. The van der Waals surface area contributed by atoms with Crippen LogP contribution in [-0.2, 0) is 16.0 Å². The third-order valence-electron chi connectivity index (χ3n) is 8.09. The topological polar surface area (TPSA) is 43.9 Å². The van der Waals surface area contributed by atoms with Crippen molar-refractivity contribution in [2.24, 2.45) is 0 Å². The van der Waals surface area contributed by atoms with Crippen molar-refractivity contribution in [2.75, 3.05) is 32.1 Å². The molecule has 2 heterocycles. The number of likely N-dealkylation sites (tertiary alicyclic amines) is 1. The fourth-order valence-corrected chi connectivity index (χ4v) is 6.35. The van der Waals surface area contributed by atoms with Gasteiger partial charge in [0.2, 0.25) is 11.8 Å². The van der Waals surface area contributed by atoms with Crippen LogP contribution < -0.4 is 4.90 Å². The van der Waals surface area contributed by atoms with Crippen molar-refractivity contribution in [3.63, 3.8) is 0 Å². The number of hydrogen-bond acceptors (Lipinski definition) is 3. The molecule has 5 nitrogen and oxygen atoms in total. The Labute approximate surface area is 200 Å². The van der Waals surface area contributed by atoms with E-state index in [0.29, 0.717) is 6.04 Å². The minimum absolute atomic E-state index is 0.000187. The highest BCUT2D eigenvalue weighted by Gasteiger charge is 2.43. The zero-order chi connectivity index (χ0) is 23.4. The molecule has 3 aromatic rings. The van der Waals surface area contributed by atoms with Gasteiger partial charge in [-0.2, -0.15) is 0 Å². The van der Waals surface area contributed by atoms with Gasteiger partial charge in [0.15, 0.2) is 0 Å². The molecule has 2 aliphatic heterocycles. The number of para-hydroxylation sites is 1. The lowest BCUT2D eigenvalue weighted by Crippen LogP contribution is -2.47. The molecule has 1 aliphatic carbocycles. The smallest absolute Gasteiger partial charge is 0.235 e. The van der Waals surface area contributed by atoms with E-state index < -0.39 is 0 Å². The second-order valence-corrected chi connectivity index (χ2v) is 10.2. The molecule has 1 fully saturated rings. The Hall–Kier alpha value is -3.18. The van der Waals surface area contributed by atoms with Crippen molar-refractivity contribution < 1.29 is 9.59 Å². The molecule has 0 spiro atoms. The van der Waals surface area contributed by atoms with Crippen molar-refractivity contribution in [2.45, 2.75) is 43.7 Å². The van der Waals surface area contributed by atoms with Gasteiger partial charge in [-0.05, 0) is 52.8 Å². The van der Waals surface area contributed by atoms with Crippen molar-refractivity contribution in [3.05, 3.63) is 77.4 Å². The van der Waals surface area contributed by atoms with Gasteiger partial charge in [-0.15, -0.1) is 0 Å². The van der Waals surface area contributed by atoms with Gasteiger partial charge in [-0.1, -0.05) is 54.6 Å². The number of carbonyl (C=O) groups is 2. The molecule has 0 bridgehead atoms. The van der Waals surface area contributed by atoms with E-state index in [0.717, 1.165) is 43.6 Å². The number of piperidine rings is 1. The molecule has 3 aromatic carbocycles. The lowest BCUT2D eigenvalue weighted by atomic mass is 9.96. The summed E-state index contributed by atoms with van der Waals surface area (Å²) in [5.74, 6) is -0.279. The molecule has 1 saturated heterocycles. The first-order valence-electron chi connectivity index (χ1n) is 12.4. The zero-order valence-electron chi connectivity index (χ0n) is 19.9. The molecule has 2 unspecified atom stereocenters. The summed E-state index contributed by atoms with van der Waals surface area (Å²) < 4.78 is 0. The Morgan fingerprint density at radius 1 is 0.941 bits per heavy atom. The van der Waals surface area contributed by atoms with Gasteiger partial charge < -0.3 is 9.80 Å². The van der Waals surface area contributed by atoms with E-state index in [1.807, 2.05) is 29.2 Å². The third-order valence-corrected chi connectivity index (χ3v) is 8.09. The number of nitrogens with zero attached hydrogens (tertiary/aromatic N) is 3. The number of benzene rings is 3. The summed E-state index contributed by atoms with van der Waals surface area (Å²) in [6.07, 6.45) is 3.22. The Morgan fingerprint density at radius 2 is 1.65 bits per heavy atom. The molecule has 0 aromatic heterocycles. The molecular weight excluding hydrogens is 422 g/mol. The summed E-state index contributed by atoms with van der Waals surface area (Å²) in [7, 11) is 3.51. The Morgan fingerprint density at radius 3 is 2.41 bits per heavy atom. The molecule has 6 rings (SSSR count). The molecular formula is C29H31N3O2. The van der Waals surface area contributed by atoms with E-state index in [1.54, 1.807) is 19.0 Å². The van der Waals surface area contributed by atoms with Crippen LogP contribution in [0.5, 0.6) is 0 Å². The van der Waals surface area contributed by atoms with Gasteiger partial charge >= 0.3 is 0 Å². The maximum Gasteiger partial charge on any atom is 0.235 e. The fraction of sp³-hybridized carbons (Fsp3) is 0.379. The van der Waals surface area contributed by atoms with E-state index in [2.05, 4.69) is 41.3 Å². The molecule has 0 N–H and O–H groups in total. The van der Waals surface area contributed by atoms with Crippen LogP contribution in [0.4, 0.5) is 5.69 Å². The van der Waals surface area contributed by atoms with Crippen LogP contribution in [0.25, 0.3) is 10.8 Å². The van der Waals surface area contributed by atoms with E-state index in [9.17, 15) is 9.59 Å². The van der Waals surface area contributed by atoms with E-state index >= 15 is 0 Å². The highest BCUT2D eigenvalue weighted by atomic mass is 16.2. The number of carbonyl (C=O) groups excluding carboxylic acids is 2. The molecule has 174 valence electrons. The van der Waals surface area contributed by atoms with Crippen LogP contribution in [0, 0.1) is 0 Å². The van der Waals surface area contributed by atoms with Gasteiger partial charge in [0, 0.05) is 51.4 Å². The SMILES string of the molecule is CN(C)C(=O)CC1C(=O)N(C2CCN(C3Cc4cccc5cccc3c45)CC2)c2ccccc21. The number of rotatable bonds is 4. The van der Waals surface area contributed by atoms with Crippen molar-refractivity contribution in [1.82, 2.24) is 9.80 Å². The number of amides is 2. The highest BCUT2D eigenvalue weighted by molar-refractivity contribution is 6.07. The van der Waals surface area contributed by atoms with Crippen LogP contribution in [0.1, 0.15) is 47.9 Å². The first-order valence-corrected chi connectivity index (χ1v) is 12.4. The van der Waals surface area contributed by atoms with E-state index in [4.69, 9.17) is 0 Å². The number of fused-ring (bicyclic) bond motifs is 1. The van der Waals surface area contributed by atoms with E-state index in [-0.39, 0.29) is 30.2 Å². The summed E-state index contributed by atoms with van der Waals surface area (Å²) >= 11 is 0. The van der Waals surface area contributed by atoms with Crippen LogP contribution in [-0.4, -0.2) is 54.8 Å². The maximum absolute atomic E-state index is 13.6. The van der Waals surface area contributed by atoms with Crippen molar-refractivity contribution in [3.8, 4) is 0 Å². The summed E-state index contributed by atoms with van der Waals surface area (Å²) in [5, 5.41) is 2.78. The minimum atomic E-state index is -0.369. The van der Waals surface area contributed by atoms with Crippen LogP contribution in [0.15, 0.2) is 60.7 Å². The van der Waals surface area contributed by atoms with Crippen LogP contribution >= 0.6 is 0 Å². The van der Waals surface area contributed by atoms with Gasteiger partial charge in [-0.25, -0.2) is 0 Å².